The maximum atomic E-state index is 12.5. The highest BCUT2D eigenvalue weighted by Gasteiger charge is 2.29. The first-order chi connectivity index (χ1) is 15.6. The first-order valence-electron chi connectivity index (χ1n) is 12.1. The third kappa shape index (κ3) is 5.59. The highest BCUT2D eigenvalue weighted by atomic mass is 16.2. The number of aromatic nitrogens is 3. The van der Waals surface area contributed by atoms with Crippen LogP contribution >= 0.6 is 0 Å². The molecule has 2 aliphatic rings. The fraction of sp³-hybridized carbons (Fsp3) is 0.625. The Morgan fingerprint density at radius 2 is 2.09 bits per heavy atom. The van der Waals surface area contributed by atoms with Crippen molar-refractivity contribution in [1.29, 1.82) is 0 Å². The lowest BCUT2D eigenvalue weighted by Gasteiger charge is -2.21. The predicted octanol–water partition coefficient (Wildman–Crippen LogP) is 1.99. The number of benzene rings is 1. The lowest BCUT2D eigenvalue weighted by molar-refractivity contribution is 0.258. The summed E-state index contributed by atoms with van der Waals surface area (Å²) >= 11 is 0. The van der Waals surface area contributed by atoms with E-state index < -0.39 is 0 Å². The molecule has 2 N–H and O–H groups in total. The van der Waals surface area contributed by atoms with E-state index in [-0.39, 0.29) is 5.69 Å². The topological polar surface area (TPSA) is 79.5 Å². The molecule has 0 spiro atoms. The van der Waals surface area contributed by atoms with Gasteiger partial charge in [-0.1, -0.05) is 30.3 Å². The number of guanidine groups is 1. The molecule has 1 saturated heterocycles. The highest BCUT2D eigenvalue weighted by Crippen LogP contribution is 2.20. The van der Waals surface area contributed by atoms with Crippen LogP contribution in [0.25, 0.3) is 0 Å². The van der Waals surface area contributed by atoms with Crippen LogP contribution in [0.5, 0.6) is 0 Å². The molecule has 1 aromatic carbocycles. The van der Waals surface area contributed by atoms with Crippen LogP contribution in [0.1, 0.15) is 50.9 Å². The van der Waals surface area contributed by atoms with Gasteiger partial charge in [-0.25, -0.2) is 9.48 Å². The van der Waals surface area contributed by atoms with Gasteiger partial charge in [-0.15, -0.1) is 0 Å². The van der Waals surface area contributed by atoms with E-state index in [0.29, 0.717) is 25.2 Å². The quantitative estimate of drug-likeness (QED) is 0.374. The molecule has 8 heteroatoms. The van der Waals surface area contributed by atoms with E-state index in [0.717, 1.165) is 70.1 Å². The molecular weight excluding hydrogens is 402 g/mol. The van der Waals surface area contributed by atoms with E-state index in [1.807, 2.05) is 4.57 Å². The van der Waals surface area contributed by atoms with Gasteiger partial charge in [0, 0.05) is 57.8 Å². The molecule has 32 heavy (non-hydrogen) atoms. The van der Waals surface area contributed by atoms with Gasteiger partial charge in [0.1, 0.15) is 5.82 Å². The Morgan fingerprint density at radius 1 is 1.25 bits per heavy atom. The van der Waals surface area contributed by atoms with Crippen LogP contribution in [-0.4, -0.2) is 56.9 Å². The Balaban J connectivity index is 1.28. The number of hydrogen-bond donors (Lipinski definition) is 2. The third-order valence-electron chi connectivity index (χ3n) is 6.45. The van der Waals surface area contributed by atoms with Gasteiger partial charge in [-0.2, -0.15) is 5.10 Å². The molecule has 1 aromatic heterocycles. The monoisotopic (exact) mass is 439 g/mol. The largest absolute Gasteiger partial charge is 0.357 e. The molecule has 2 unspecified atom stereocenters. The zero-order valence-corrected chi connectivity index (χ0v) is 19.5. The summed E-state index contributed by atoms with van der Waals surface area (Å²) in [7, 11) is 0. The smallest absolute Gasteiger partial charge is 0.345 e. The molecule has 2 aromatic rings. The molecule has 0 aliphatic carbocycles. The fourth-order valence-corrected chi connectivity index (χ4v) is 4.76. The third-order valence-corrected chi connectivity index (χ3v) is 6.45. The molecule has 2 aliphatic heterocycles. The van der Waals surface area contributed by atoms with Crippen molar-refractivity contribution in [3.63, 3.8) is 0 Å². The van der Waals surface area contributed by atoms with Gasteiger partial charge >= 0.3 is 5.69 Å². The van der Waals surface area contributed by atoms with Crippen molar-refractivity contribution in [3.8, 4) is 0 Å². The van der Waals surface area contributed by atoms with E-state index in [9.17, 15) is 4.79 Å². The van der Waals surface area contributed by atoms with Crippen molar-refractivity contribution in [1.82, 2.24) is 29.9 Å². The molecule has 174 valence electrons. The number of likely N-dealkylation sites (tertiary alicyclic amines) is 1. The molecule has 2 atom stereocenters. The highest BCUT2D eigenvalue weighted by molar-refractivity contribution is 5.80. The van der Waals surface area contributed by atoms with Crippen molar-refractivity contribution in [2.75, 3.05) is 19.6 Å². The van der Waals surface area contributed by atoms with E-state index in [2.05, 4.69) is 64.8 Å². The molecule has 0 bridgehead atoms. The van der Waals surface area contributed by atoms with Crippen LogP contribution in [0.15, 0.2) is 40.1 Å². The Bertz CT molecular complexity index is 949. The van der Waals surface area contributed by atoms with Gasteiger partial charge in [-0.05, 0) is 45.1 Å². The van der Waals surface area contributed by atoms with Gasteiger partial charge < -0.3 is 10.6 Å². The minimum Gasteiger partial charge on any atom is -0.357 e. The summed E-state index contributed by atoms with van der Waals surface area (Å²) in [5, 5.41) is 11.5. The SMILES string of the molecule is CCNC(=NCCCn1nc2n(c1=O)CCCC2)NC1CC(C)N(Cc2ccccc2)C1. The van der Waals surface area contributed by atoms with E-state index in [1.165, 1.54) is 5.56 Å². The normalized spacial score (nSPS) is 21.5. The van der Waals surface area contributed by atoms with Gasteiger partial charge in [0.05, 0.1) is 0 Å². The van der Waals surface area contributed by atoms with Crippen molar-refractivity contribution < 1.29 is 0 Å². The summed E-state index contributed by atoms with van der Waals surface area (Å²) in [4.78, 5) is 19.8. The summed E-state index contributed by atoms with van der Waals surface area (Å²) in [6.45, 7) is 9.31. The van der Waals surface area contributed by atoms with E-state index >= 15 is 0 Å². The van der Waals surface area contributed by atoms with Gasteiger partial charge in [0.2, 0.25) is 0 Å². The zero-order chi connectivity index (χ0) is 22.3. The summed E-state index contributed by atoms with van der Waals surface area (Å²) in [5.74, 6) is 1.80. The van der Waals surface area contributed by atoms with Gasteiger partial charge in [0.15, 0.2) is 5.96 Å². The minimum absolute atomic E-state index is 0.0344. The predicted molar refractivity (Wildman–Crippen MR) is 128 cm³/mol. The minimum atomic E-state index is 0.0344. The Labute approximate surface area is 190 Å². The van der Waals surface area contributed by atoms with Gasteiger partial charge in [-0.3, -0.25) is 14.5 Å². The number of nitrogens with one attached hydrogen (secondary N) is 2. The molecule has 4 rings (SSSR count). The van der Waals surface area contributed by atoms with E-state index in [4.69, 9.17) is 4.99 Å². The first-order valence-corrected chi connectivity index (χ1v) is 12.1. The second-order valence-electron chi connectivity index (χ2n) is 8.99. The Hall–Kier alpha value is -2.61. The lowest BCUT2D eigenvalue weighted by Crippen LogP contribution is -2.44. The summed E-state index contributed by atoms with van der Waals surface area (Å²) in [5.41, 5.74) is 1.39. The summed E-state index contributed by atoms with van der Waals surface area (Å²) in [6, 6.07) is 11.6. The molecule has 0 saturated carbocycles. The Morgan fingerprint density at radius 3 is 2.88 bits per heavy atom. The van der Waals surface area contributed by atoms with Crippen LogP contribution in [0.4, 0.5) is 0 Å². The standard InChI is InChI=1S/C24H37N7O/c1-3-25-23(26-13-9-15-31-24(32)30-14-8-7-12-22(30)28-31)27-21-16-19(2)29(18-21)17-20-10-5-4-6-11-20/h4-6,10-11,19,21H,3,7-9,12-18H2,1-2H3,(H2,25,26,27). The van der Waals surface area contributed by atoms with Crippen LogP contribution in [0.3, 0.4) is 0 Å². The average molecular weight is 440 g/mol. The number of nitrogens with zero attached hydrogens (tertiary/aromatic N) is 5. The molecule has 3 heterocycles. The number of rotatable bonds is 8. The molecule has 1 fully saturated rings. The summed E-state index contributed by atoms with van der Waals surface area (Å²) < 4.78 is 3.46. The van der Waals surface area contributed by atoms with Crippen molar-refractivity contribution >= 4 is 5.96 Å². The zero-order valence-electron chi connectivity index (χ0n) is 19.5. The number of hydrogen-bond acceptors (Lipinski definition) is 4. The number of fused-ring (bicyclic) bond motifs is 1. The van der Waals surface area contributed by atoms with Crippen molar-refractivity contribution in [2.24, 2.45) is 4.99 Å². The lowest BCUT2D eigenvalue weighted by atomic mass is 10.2. The summed E-state index contributed by atoms with van der Waals surface area (Å²) in [6.07, 6.45) is 5.02. The number of aryl methyl sites for hydroxylation is 2. The second-order valence-corrected chi connectivity index (χ2v) is 8.99. The number of aliphatic imine (C=N–C) groups is 1. The van der Waals surface area contributed by atoms with Crippen molar-refractivity contribution in [3.05, 3.63) is 52.2 Å². The maximum Gasteiger partial charge on any atom is 0.345 e. The molecule has 8 nitrogen and oxygen atoms in total. The van der Waals surface area contributed by atoms with Crippen LogP contribution < -0.4 is 16.3 Å². The fourth-order valence-electron chi connectivity index (χ4n) is 4.76. The second kappa shape index (κ2) is 10.8. The van der Waals surface area contributed by atoms with Crippen LogP contribution in [-0.2, 0) is 26.1 Å². The van der Waals surface area contributed by atoms with E-state index in [1.54, 1.807) is 4.68 Å². The molecule has 0 radical (unpaired) electrons. The van der Waals surface area contributed by atoms with Gasteiger partial charge in [0.25, 0.3) is 0 Å². The van der Waals surface area contributed by atoms with Crippen LogP contribution in [0, 0.1) is 0 Å². The maximum absolute atomic E-state index is 12.5. The molecular formula is C24H37N7O. The Kier molecular flexibility index (Phi) is 7.63. The van der Waals surface area contributed by atoms with Crippen molar-refractivity contribution in [2.45, 2.75) is 77.7 Å². The van der Waals surface area contributed by atoms with Crippen LogP contribution in [0.2, 0.25) is 0 Å². The average Bonchev–Trinajstić information content (AvgIpc) is 3.31. The first kappa shape index (κ1) is 22.6. The molecule has 0 amide bonds.